The molecule has 0 aromatic heterocycles. The molecule has 0 radical (unpaired) electrons. The first-order valence-electron chi connectivity index (χ1n) is 5.66. The van der Waals surface area contributed by atoms with Crippen molar-refractivity contribution in [1.82, 2.24) is 0 Å². The molecule has 0 amide bonds. The third kappa shape index (κ3) is 2.97. The van der Waals surface area contributed by atoms with Crippen molar-refractivity contribution < 1.29 is 13.2 Å². The molecule has 96 valence electrons. The first-order valence-corrected chi connectivity index (χ1v) is 5.66. The largest absolute Gasteiger partial charge is 0.416 e. The van der Waals surface area contributed by atoms with Crippen LogP contribution in [0, 0.1) is 19.3 Å². The molecule has 0 bridgehead atoms. The maximum Gasteiger partial charge on any atom is 0.416 e. The molecular formula is C16H11F3. The second kappa shape index (κ2) is 4.81. The summed E-state index contributed by atoms with van der Waals surface area (Å²) < 4.78 is 38.4. The fraction of sp³-hybridized carbons (Fsp3) is 0.125. The van der Waals surface area contributed by atoms with Crippen molar-refractivity contribution in [2.45, 2.75) is 13.1 Å². The van der Waals surface area contributed by atoms with Crippen LogP contribution in [0.4, 0.5) is 13.2 Å². The molecule has 0 aliphatic carbocycles. The Bertz CT molecular complexity index is 646. The van der Waals surface area contributed by atoms with Gasteiger partial charge in [-0.15, -0.1) is 6.42 Å². The highest BCUT2D eigenvalue weighted by Crippen LogP contribution is 2.33. The lowest BCUT2D eigenvalue weighted by atomic mass is 9.98. The third-order valence-corrected chi connectivity index (χ3v) is 2.78. The van der Waals surface area contributed by atoms with E-state index in [1.54, 1.807) is 18.2 Å². The van der Waals surface area contributed by atoms with Gasteiger partial charge in [-0.1, -0.05) is 35.7 Å². The van der Waals surface area contributed by atoms with E-state index in [9.17, 15) is 13.2 Å². The van der Waals surface area contributed by atoms with Crippen molar-refractivity contribution in [3.05, 3.63) is 59.2 Å². The molecule has 0 aliphatic heterocycles. The summed E-state index contributed by atoms with van der Waals surface area (Å²) in [4.78, 5) is 0. The number of halogens is 3. The van der Waals surface area contributed by atoms with Gasteiger partial charge >= 0.3 is 6.18 Å². The zero-order valence-corrected chi connectivity index (χ0v) is 10.3. The van der Waals surface area contributed by atoms with Crippen LogP contribution in [0.15, 0.2) is 42.5 Å². The smallest absolute Gasteiger partial charge is 0.166 e. The topological polar surface area (TPSA) is 0 Å². The average Bonchev–Trinajstić information content (AvgIpc) is 2.37. The second-order valence-electron chi connectivity index (χ2n) is 4.31. The molecule has 0 atom stereocenters. The van der Waals surface area contributed by atoms with Gasteiger partial charge in [0.15, 0.2) is 0 Å². The van der Waals surface area contributed by atoms with Crippen LogP contribution in [0.1, 0.15) is 16.7 Å². The Hall–Kier alpha value is -2.21. The van der Waals surface area contributed by atoms with E-state index in [0.29, 0.717) is 5.56 Å². The molecule has 0 unspecified atom stereocenters. The number of alkyl halides is 3. The Morgan fingerprint density at radius 3 is 2.32 bits per heavy atom. The summed E-state index contributed by atoms with van der Waals surface area (Å²) in [7, 11) is 0. The van der Waals surface area contributed by atoms with Gasteiger partial charge in [-0.2, -0.15) is 13.2 Å². The number of rotatable bonds is 1. The van der Waals surface area contributed by atoms with E-state index in [-0.39, 0.29) is 5.56 Å². The SMILES string of the molecule is C#Cc1cc(-c2cccc(C)c2)cc(C(F)(F)F)c1. The van der Waals surface area contributed by atoms with Gasteiger partial charge in [0.2, 0.25) is 0 Å². The van der Waals surface area contributed by atoms with Gasteiger partial charge in [0.1, 0.15) is 0 Å². The number of benzene rings is 2. The minimum Gasteiger partial charge on any atom is -0.166 e. The molecule has 2 rings (SSSR count). The van der Waals surface area contributed by atoms with E-state index < -0.39 is 11.7 Å². The van der Waals surface area contributed by atoms with Crippen molar-refractivity contribution in [3.8, 4) is 23.5 Å². The van der Waals surface area contributed by atoms with E-state index in [0.717, 1.165) is 23.3 Å². The minimum absolute atomic E-state index is 0.228. The summed E-state index contributed by atoms with van der Waals surface area (Å²) in [6, 6.07) is 11.0. The Labute approximate surface area is 109 Å². The van der Waals surface area contributed by atoms with Crippen molar-refractivity contribution in [1.29, 1.82) is 0 Å². The van der Waals surface area contributed by atoms with Gasteiger partial charge in [0, 0.05) is 5.56 Å². The molecule has 0 nitrogen and oxygen atoms in total. The van der Waals surface area contributed by atoms with Crippen molar-refractivity contribution >= 4 is 0 Å². The van der Waals surface area contributed by atoms with Gasteiger partial charge in [-0.3, -0.25) is 0 Å². The monoisotopic (exact) mass is 260 g/mol. The molecular weight excluding hydrogens is 249 g/mol. The maximum absolute atomic E-state index is 12.8. The van der Waals surface area contributed by atoms with Crippen LogP contribution in [-0.4, -0.2) is 0 Å². The van der Waals surface area contributed by atoms with Crippen LogP contribution in [0.25, 0.3) is 11.1 Å². The van der Waals surface area contributed by atoms with Gasteiger partial charge in [-0.25, -0.2) is 0 Å². The van der Waals surface area contributed by atoms with Crippen molar-refractivity contribution in [2.75, 3.05) is 0 Å². The standard InChI is InChI=1S/C16H11F3/c1-3-12-8-14(10-15(9-12)16(17,18)19)13-6-4-5-11(2)7-13/h1,4-10H,2H3. The molecule has 0 aliphatic rings. The van der Waals surface area contributed by atoms with Gasteiger partial charge in [0.25, 0.3) is 0 Å². The lowest BCUT2D eigenvalue weighted by molar-refractivity contribution is -0.137. The number of terminal acetylenes is 1. The molecule has 2 aromatic rings. The Morgan fingerprint density at radius 1 is 1.00 bits per heavy atom. The Balaban J connectivity index is 2.61. The summed E-state index contributed by atoms with van der Waals surface area (Å²) in [6.45, 7) is 1.89. The highest BCUT2D eigenvalue weighted by Gasteiger charge is 2.31. The molecule has 0 fully saturated rings. The van der Waals surface area contributed by atoms with E-state index in [1.165, 1.54) is 0 Å². The lowest BCUT2D eigenvalue weighted by Crippen LogP contribution is -2.05. The summed E-state index contributed by atoms with van der Waals surface area (Å²) in [5.74, 6) is 2.26. The summed E-state index contributed by atoms with van der Waals surface area (Å²) in [5, 5.41) is 0. The first kappa shape index (κ1) is 13.2. The van der Waals surface area contributed by atoms with Crippen LogP contribution in [0.5, 0.6) is 0 Å². The van der Waals surface area contributed by atoms with Crippen LogP contribution >= 0.6 is 0 Å². The molecule has 19 heavy (non-hydrogen) atoms. The molecule has 0 saturated carbocycles. The molecule has 3 heteroatoms. The number of hydrogen-bond donors (Lipinski definition) is 0. The van der Waals surface area contributed by atoms with E-state index in [4.69, 9.17) is 6.42 Å². The summed E-state index contributed by atoms with van der Waals surface area (Å²) >= 11 is 0. The second-order valence-corrected chi connectivity index (χ2v) is 4.31. The normalized spacial score (nSPS) is 11.1. The lowest BCUT2D eigenvalue weighted by Gasteiger charge is -2.10. The molecule has 0 spiro atoms. The van der Waals surface area contributed by atoms with Gasteiger partial charge in [0.05, 0.1) is 5.56 Å². The van der Waals surface area contributed by atoms with E-state index >= 15 is 0 Å². The molecule has 0 N–H and O–H groups in total. The predicted molar refractivity (Wildman–Crippen MR) is 69.6 cm³/mol. The van der Waals surface area contributed by atoms with Crippen LogP contribution in [-0.2, 0) is 6.18 Å². The zero-order valence-electron chi connectivity index (χ0n) is 10.3. The predicted octanol–water partition coefficient (Wildman–Crippen LogP) is 4.66. The molecule has 0 saturated heterocycles. The molecule has 2 aromatic carbocycles. The fourth-order valence-electron chi connectivity index (χ4n) is 1.87. The maximum atomic E-state index is 12.8. The van der Waals surface area contributed by atoms with Crippen LogP contribution in [0.2, 0.25) is 0 Å². The van der Waals surface area contributed by atoms with E-state index in [2.05, 4.69) is 5.92 Å². The zero-order chi connectivity index (χ0) is 14.0. The van der Waals surface area contributed by atoms with Crippen LogP contribution in [0.3, 0.4) is 0 Å². The first-order chi connectivity index (χ1) is 8.90. The minimum atomic E-state index is -4.40. The van der Waals surface area contributed by atoms with Crippen LogP contribution < -0.4 is 0 Å². The Morgan fingerprint density at radius 2 is 1.74 bits per heavy atom. The quantitative estimate of drug-likeness (QED) is 0.654. The Kier molecular flexibility index (Phi) is 3.35. The highest BCUT2D eigenvalue weighted by atomic mass is 19.4. The van der Waals surface area contributed by atoms with Gasteiger partial charge in [-0.05, 0) is 36.2 Å². The van der Waals surface area contributed by atoms with Crippen molar-refractivity contribution in [3.63, 3.8) is 0 Å². The number of hydrogen-bond acceptors (Lipinski definition) is 0. The fourth-order valence-corrected chi connectivity index (χ4v) is 1.87. The summed E-state index contributed by atoms with van der Waals surface area (Å²) in [5.41, 5.74) is 1.69. The summed E-state index contributed by atoms with van der Waals surface area (Å²) in [6.07, 6.45) is 0.824. The number of aryl methyl sites for hydroxylation is 1. The average molecular weight is 260 g/mol. The van der Waals surface area contributed by atoms with Gasteiger partial charge < -0.3 is 0 Å². The third-order valence-electron chi connectivity index (χ3n) is 2.78. The molecule has 0 heterocycles. The van der Waals surface area contributed by atoms with Crippen molar-refractivity contribution in [2.24, 2.45) is 0 Å². The van der Waals surface area contributed by atoms with E-state index in [1.807, 2.05) is 19.1 Å². The highest BCUT2D eigenvalue weighted by molar-refractivity contribution is 5.67.